The molecular weight excluding hydrogens is 300 g/mol. The Bertz CT molecular complexity index is 530. The molecule has 0 aliphatic carbocycles. The minimum atomic E-state index is 0.00217. The molecule has 1 aromatic carbocycles. The number of hydrogen-bond acceptors (Lipinski definition) is 2. The number of amides is 2. The number of ether oxygens (including phenoxy) is 1. The van der Waals surface area contributed by atoms with E-state index in [4.69, 9.17) is 4.74 Å². The van der Waals surface area contributed by atoms with E-state index in [0.717, 1.165) is 39.1 Å². The zero-order chi connectivity index (χ0) is 17.0. The van der Waals surface area contributed by atoms with Crippen LogP contribution in [0.15, 0.2) is 30.3 Å². The SMILES string of the molecule is CC1CC(C)CN(C(=O)NCC2(c3ccccc3)CCOCC2)C1. The normalized spacial score (nSPS) is 26.8. The number of nitrogens with one attached hydrogen (secondary N) is 1. The number of hydrogen-bond donors (Lipinski definition) is 1. The number of nitrogens with zero attached hydrogens (tertiary/aromatic N) is 1. The van der Waals surface area contributed by atoms with Crippen LogP contribution in [-0.4, -0.2) is 43.8 Å². The van der Waals surface area contributed by atoms with E-state index in [1.165, 1.54) is 12.0 Å². The van der Waals surface area contributed by atoms with Crippen LogP contribution in [0.25, 0.3) is 0 Å². The Morgan fingerprint density at radius 1 is 1.17 bits per heavy atom. The van der Waals surface area contributed by atoms with Crippen molar-refractivity contribution in [2.45, 2.75) is 38.5 Å². The van der Waals surface area contributed by atoms with Crippen LogP contribution in [0, 0.1) is 11.8 Å². The molecule has 3 rings (SSSR count). The highest BCUT2D eigenvalue weighted by Gasteiger charge is 2.35. The Labute approximate surface area is 145 Å². The summed E-state index contributed by atoms with van der Waals surface area (Å²) >= 11 is 0. The van der Waals surface area contributed by atoms with Gasteiger partial charge in [-0.05, 0) is 36.7 Å². The maximum atomic E-state index is 12.7. The third-order valence-corrected chi connectivity index (χ3v) is 5.57. The highest BCUT2D eigenvalue weighted by Crippen LogP contribution is 2.34. The smallest absolute Gasteiger partial charge is 0.317 e. The molecule has 0 radical (unpaired) electrons. The summed E-state index contributed by atoms with van der Waals surface area (Å²) in [5.41, 5.74) is 1.32. The quantitative estimate of drug-likeness (QED) is 0.922. The van der Waals surface area contributed by atoms with Gasteiger partial charge < -0.3 is 15.0 Å². The van der Waals surface area contributed by atoms with Gasteiger partial charge >= 0.3 is 6.03 Å². The Morgan fingerprint density at radius 3 is 2.42 bits per heavy atom. The van der Waals surface area contributed by atoms with Crippen LogP contribution in [0.5, 0.6) is 0 Å². The molecule has 2 fully saturated rings. The van der Waals surface area contributed by atoms with Crippen molar-refractivity contribution in [2.24, 2.45) is 11.8 Å². The van der Waals surface area contributed by atoms with E-state index in [-0.39, 0.29) is 11.4 Å². The molecule has 0 bridgehead atoms. The lowest BCUT2D eigenvalue weighted by Crippen LogP contribution is -2.51. The molecule has 2 amide bonds. The molecule has 2 saturated heterocycles. The summed E-state index contributed by atoms with van der Waals surface area (Å²) < 4.78 is 5.57. The van der Waals surface area contributed by atoms with E-state index >= 15 is 0 Å². The van der Waals surface area contributed by atoms with Gasteiger partial charge in [0.15, 0.2) is 0 Å². The number of carbonyl (C=O) groups is 1. The third-order valence-electron chi connectivity index (χ3n) is 5.57. The zero-order valence-electron chi connectivity index (χ0n) is 15.0. The fraction of sp³-hybridized carbons (Fsp3) is 0.650. The van der Waals surface area contributed by atoms with Gasteiger partial charge in [0.2, 0.25) is 0 Å². The summed E-state index contributed by atoms with van der Waals surface area (Å²) in [6.07, 6.45) is 3.14. The summed E-state index contributed by atoms with van der Waals surface area (Å²) in [7, 11) is 0. The molecule has 2 unspecified atom stereocenters. The van der Waals surface area contributed by atoms with E-state index in [9.17, 15) is 4.79 Å². The molecule has 2 aliphatic heterocycles. The molecule has 4 nitrogen and oxygen atoms in total. The van der Waals surface area contributed by atoms with Gasteiger partial charge in [-0.1, -0.05) is 44.2 Å². The number of rotatable bonds is 3. The van der Waals surface area contributed by atoms with E-state index in [1.54, 1.807) is 0 Å². The average molecular weight is 330 g/mol. The predicted octanol–water partition coefficient (Wildman–Crippen LogP) is 3.42. The minimum absolute atomic E-state index is 0.00217. The van der Waals surface area contributed by atoms with Crippen molar-refractivity contribution < 1.29 is 9.53 Å². The molecule has 2 heterocycles. The molecular formula is C20H30N2O2. The fourth-order valence-electron chi connectivity index (χ4n) is 4.31. The second kappa shape index (κ2) is 7.56. The van der Waals surface area contributed by atoms with Crippen LogP contribution in [0.1, 0.15) is 38.7 Å². The zero-order valence-corrected chi connectivity index (χ0v) is 15.0. The molecule has 0 spiro atoms. The number of urea groups is 1. The fourth-order valence-corrected chi connectivity index (χ4v) is 4.31. The number of piperidine rings is 1. The molecule has 132 valence electrons. The summed E-state index contributed by atoms with van der Waals surface area (Å²) in [6, 6.07) is 10.7. The van der Waals surface area contributed by atoms with E-state index in [1.807, 2.05) is 11.0 Å². The highest BCUT2D eigenvalue weighted by molar-refractivity contribution is 5.74. The summed E-state index contributed by atoms with van der Waals surface area (Å²) in [5.74, 6) is 1.18. The molecule has 0 aromatic heterocycles. The second-order valence-electron chi connectivity index (χ2n) is 7.77. The van der Waals surface area contributed by atoms with Crippen LogP contribution < -0.4 is 5.32 Å². The maximum Gasteiger partial charge on any atom is 0.317 e. The average Bonchev–Trinajstić information content (AvgIpc) is 2.60. The van der Waals surface area contributed by atoms with Crippen molar-refractivity contribution in [1.29, 1.82) is 0 Å². The van der Waals surface area contributed by atoms with Gasteiger partial charge in [-0.2, -0.15) is 0 Å². The third kappa shape index (κ3) is 3.92. The topological polar surface area (TPSA) is 41.6 Å². The number of carbonyl (C=O) groups excluding carboxylic acids is 1. The van der Waals surface area contributed by atoms with E-state index in [0.29, 0.717) is 18.4 Å². The van der Waals surface area contributed by atoms with Gasteiger partial charge in [-0.3, -0.25) is 0 Å². The minimum Gasteiger partial charge on any atom is -0.381 e. The molecule has 2 aliphatic rings. The monoisotopic (exact) mass is 330 g/mol. The van der Waals surface area contributed by atoms with E-state index < -0.39 is 0 Å². The molecule has 4 heteroatoms. The lowest BCUT2D eigenvalue weighted by molar-refractivity contribution is 0.0496. The summed E-state index contributed by atoms with van der Waals surface area (Å²) in [6.45, 7) is 8.44. The number of benzene rings is 1. The van der Waals surface area contributed by atoms with Crippen LogP contribution in [-0.2, 0) is 10.2 Å². The first kappa shape index (κ1) is 17.3. The maximum absolute atomic E-state index is 12.7. The van der Waals surface area contributed by atoms with Crippen molar-refractivity contribution in [3.8, 4) is 0 Å². The van der Waals surface area contributed by atoms with Crippen molar-refractivity contribution in [2.75, 3.05) is 32.8 Å². The highest BCUT2D eigenvalue weighted by atomic mass is 16.5. The van der Waals surface area contributed by atoms with E-state index in [2.05, 4.69) is 43.4 Å². The van der Waals surface area contributed by atoms with Crippen molar-refractivity contribution in [3.05, 3.63) is 35.9 Å². The van der Waals surface area contributed by atoms with Gasteiger partial charge in [0.25, 0.3) is 0 Å². The molecule has 2 atom stereocenters. The number of likely N-dealkylation sites (tertiary alicyclic amines) is 1. The Balaban J connectivity index is 1.66. The molecule has 1 aromatic rings. The van der Waals surface area contributed by atoms with Gasteiger partial charge in [0.1, 0.15) is 0 Å². The first-order chi connectivity index (χ1) is 11.6. The molecule has 24 heavy (non-hydrogen) atoms. The summed E-state index contributed by atoms with van der Waals surface area (Å²) in [5, 5.41) is 3.23. The van der Waals surface area contributed by atoms with Crippen LogP contribution >= 0.6 is 0 Å². The lowest BCUT2D eigenvalue weighted by Gasteiger charge is -2.40. The second-order valence-corrected chi connectivity index (χ2v) is 7.77. The lowest BCUT2D eigenvalue weighted by atomic mass is 9.74. The summed E-state index contributed by atoms with van der Waals surface area (Å²) in [4.78, 5) is 14.7. The van der Waals surface area contributed by atoms with Gasteiger partial charge in [0.05, 0.1) is 0 Å². The Morgan fingerprint density at radius 2 is 1.79 bits per heavy atom. The largest absolute Gasteiger partial charge is 0.381 e. The van der Waals surface area contributed by atoms with Crippen molar-refractivity contribution >= 4 is 6.03 Å². The van der Waals surface area contributed by atoms with Crippen LogP contribution in [0.3, 0.4) is 0 Å². The van der Waals surface area contributed by atoms with Crippen molar-refractivity contribution in [1.82, 2.24) is 10.2 Å². The predicted molar refractivity (Wildman–Crippen MR) is 96.1 cm³/mol. The first-order valence-corrected chi connectivity index (χ1v) is 9.25. The van der Waals surface area contributed by atoms with Crippen molar-refractivity contribution in [3.63, 3.8) is 0 Å². The molecule has 1 N–H and O–H groups in total. The Hall–Kier alpha value is -1.55. The van der Waals surface area contributed by atoms with Gasteiger partial charge in [-0.15, -0.1) is 0 Å². The molecule has 0 saturated carbocycles. The van der Waals surface area contributed by atoms with Crippen LogP contribution in [0.4, 0.5) is 4.79 Å². The van der Waals surface area contributed by atoms with Gasteiger partial charge in [0, 0.05) is 38.3 Å². The Kier molecular flexibility index (Phi) is 5.44. The van der Waals surface area contributed by atoms with Crippen LogP contribution in [0.2, 0.25) is 0 Å². The first-order valence-electron chi connectivity index (χ1n) is 9.25. The van der Waals surface area contributed by atoms with Gasteiger partial charge in [-0.25, -0.2) is 4.79 Å². The standard InChI is InChI=1S/C20H30N2O2/c1-16-12-17(2)14-22(13-16)19(23)21-15-20(8-10-24-11-9-20)18-6-4-3-5-7-18/h3-7,16-17H,8-15H2,1-2H3,(H,21,23).